The lowest BCUT2D eigenvalue weighted by molar-refractivity contribution is 0.186. The molecular formula is C13H18BrNS. The van der Waals surface area contributed by atoms with Crippen molar-refractivity contribution in [3.05, 3.63) is 28.7 Å². The molecule has 0 aromatic heterocycles. The van der Waals surface area contributed by atoms with Crippen LogP contribution in [0, 0.1) is 0 Å². The van der Waals surface area contributed by atoms with Gasteiger partial charge in [0.15, 0.2) is 0 Å². The largest absolute Gasteiger partial charge is 0.241 e. The van der Waals surface area contributed by atoms with Crippen LogP contribution >= 0.6 is 27.9 Å². The second-order valence-electron chi connectivity index (χ2n) is 4.92. The lowest BCUT2D eigenvalue weighted by Gasteiger charge is -2.41. The molecule has 0 saturated carbocycles. The zero-order chi connectivity index (χ0) is 11.6. The van der Waals surface area contributed by atoms with Crippen molar-refractivity contribution in [2.75, 3.05) is 6.54 Å². The van der Waals surface area contributed by atoms with Gasteiger partial charge in [-0.05, 0) is 62.9 Å². The third kappa shape index (κ3) is 3.02. The highest BCUT2D eigenvalue weighted by Crippen LogP contribution is 2.36. The first-order valence-corrected chi connectivity index (χ1v) is 7.36. The van der Waals surface area contributed by atoms with E-state index in [1.807, 2.05) is 11.9 Å². The number of rotatable bonds is 2. The maximum atomic E-state index is 3.47. The molecule has 0 amide bonds. The maximum absolute atomic E-state index is 3.47. The summed E-state index contributed by atoms with van der Waals surface area (Å²) in [6, 6.07) is 8.58. The van der Waals surface area contributed by atoms with Crippen molar-refractivity contribution < 1.29 is 0 Å². The van der Waals surface area contributed by atoms with E-state index in [2.05, 4.69) is 58.3 Å². The summed E-state index contributed by atoms with van der Waals surface area (Å²) < 4.78 is 3.68. The number of hydrogen-bond acceptors (Lipinski definition) is 2. The van der Waals surface area contributed by atoms with Crippen molar-refractivity contribution >= 4 is 27.9 Å². The second-order valence-corrected chi connectivity index (χ2v) is 6.93. The molecule has 0 atom stereocenters. The molecule has 1 heterocycles. The fourth-order valence-electron chi connectivity index (χ4n) is 2.03. The molecule has 2 rings (SSSR count). The van der Waals surface area contributed by atoms with Crippen LogP contribution in [0.3, 0.4) is 0 Å². The SMILES string of the molecule is CC1(C)CCCCN1Sc1ccc(Br)cc1. The molecule has 1 nitrogen and oxygen atoms in total. The smallest absolute Gasteiger partial charge is 0.0260 e. The van der Waals surface area contributed by atoms with E-state index in [9.17, 15) is 0 Å². The Kier molecular flexibility index (Phi) is 3.98. The molecule has 16 heavy (non-hydrogen) atoms. The van der Waals surface area contributed by atoms with Crippen LogP contribution in [-0.2, 0) is 0 Å². The molecule has 1 aromatic rings. The van der Waals surface area contributed by atoms with Crippen LogP contribution in [0.15, 0.2) is 33.6 Å². The van der Waals surface area contributed by atoms with Crippen molar-refractivity contribution in [1.29, 1.82) is 0 Å². The number of benzene rings is 1. The van der Waals surface area contributed by atoms with Gasteiger partial charge in [0.1, 0.15) is 0 Å². The monoisotopic (exact) mass is 299 g/mol. The average Bonchev–Trinajstić information content (AvgIpc) is 2.24. The summed E-state index contributed by atoms with van der Waals surface area (Å²) in [4.78, 5) is 1.33. The Morgan fingerprint density at radius 2 is 1.88 bits per heavy atom. The highest BCUT2D eigenvalue weighted by Gasteiger charge is 2.30. The highest BCUT2D eigenvalue weighted by molar-refractivity contribution is 9.10. The quantitative estimate of drug-likeness (QED) is 0.727. The van der Waals surface area contributed by atoms with E-state index < -0.39 is 0 Å². The molecule has 88 valence electrons. The standard InChI is InChI=1S/C13H18BrNS/c1-13(2)9-3-4-10-15(13)16-12-7-5-11(14)6-8-12/h5-8H,3-4,9-10H2,1-2H3. The summed E-state index contributed by atoms with van der Waals surface area (Å²) >= 11 is 5.36. The number of piperidine rings is 1. The van der Waals surface area contributed by atoms with E-state index in [0.29, 0.717) is 5.54 Å². The van der Waals surface area contributed by atoms with Crippen molar-refractivity contribution in [1.82, 2.24) is 4.31 Å². The molecule has 1 saturated heterocycles. The molecule has 1 aliphatic rings. The van der Waals surface area contributed by atoms with E-state index in [4.69, 9.17) is 0 Å². The first kappa shape index (κ1) is 12.5. The number of hydrogen-bond donors (Lipinski definition) is 0. The Labute approximate surface area is 111 Å². The second kappa shape index (κ2) is 5.11. The van der Waals surface area contributed by atoms with Crippen molar-refractivity contribution in [2.24, 2.45) is 0 Å². The maximum Gasteiger partial charge on any atom is 0.0260 e. The van der Waals surface area contributed by atoms with Crippen LogP contribution in [0.25, 0.3) is 0 Å². The average molecular weight is 300 g/mol. The number of halogens is 1. The van der Waals surface area contributed by atoms with E-state index in [1.165, 1.54) is 30.7 Å². The molecule has 1 aliphatic heterocycles. The summed E-state index contributed by atoms with van der Waals surface area (Å²) in [5.74, 6) is 0. The van der Waals surface area contributed by atoms with E-state index in [0.717, 1.165) is 4.47 Å². The Hall–Kier alpha value is 0.01000. The van der Waals surface area contributed by atoms with Crippen LogP contribution < -0.4 is 0 Å². The normalized spacial score (nSPS) is 20.9. The van der Waals surface area contributed by atoms with E-state index in [-0.39, 0.29) is 0 Å². The van der Waals surface area contributed by atoms with Gasteiger partial charge in [-0.1, -0.05) is 22.4 Å². The van der Waals surface area contributed by atoms with Gasteiger partial charge in [0.25, 0.3) is 0 Å². The Morgan fingerprint density at radius 1 is 1.19 bits per heavy atom. The molecule has 0 aliphatic carbocycles. The predicted octanol–water partition coefficient (Wildman–Crippen LogP) is 4.72. The van der Waals surface area contributed by atoms with Crippen molar-refractivity contribution in [2.45, 2.75) is 43.5 Å². The molecule has 1 aromatic carbocycles. The highest BCUT2D eigenvalue weighted by atomic mass is 79.9. The molecule has 0 N–H and O–H groups in total. The Balaban J connectivity index is 2.05. The zero-order valence-electron chi connectivity index (χ0n) is 9.87. The lowest BCUT2D eigenvalue weighted by Crippen LogP contribution is -2.42. The van der Waals surface area contributed by atoms with Crippen LogP contribution in [0.4, 0.5) is 0 Å². The van der Waals surface area contributed by atoms with E-state index >= 15 is 0 Å². The van der Waals surface area contributed by atoms with Gasteiger partial charge >= 0.3 is 0 Å². The summed E-state index contributed by atoms with van der Waals surface area (Å²) in [5, 5.41) is 0. The number of nitrogens with zero attached hydrogens (tertiary/aromatic N) is 1. The molecule has 3 heteroatoms. The molecule has 1 fully saturated rings. The Morgan fingerprint density at radius 3 is 2.50 bits per heavy atom. The minimum absolute atomic E-state index is 0.329. The fourth-order valence-corrected chi connectivity index (χ4v) is 3.37. The molecule has 0 radical (unpaired) electrons. The topological polar surface area (TPSA) is 3.24 Å². The van der Waals surface area contributed by atoms with Gasteiger partial charge in [0.2, 0.25) is 0 Å². The summed E-state index contributed by atoms with van der Waals surface area (Å²) in [7, 11) is 0. The summed E-state index contributed by atoms with van der Waals surface area (Å²) in [5.41, 5.74) is 0.329. The van der Waals surface area contributed by atoms with Crippen LogP contribution in [0.5, 0.6) is 0 Å². The molecule has 0 unspecified atom stereocenters. The van der Waals surface area contributed by atoms with Gasteiger partial charge in [-0.25, -0.2) is 4.31 Å². The fraction of sp³-hybridized carbons (Fsp3) is 0.538. The van der Waals surface area contributed by atoms with Gasteiger partial charge in [0, 0.05) is 21.5 Å². The van der Waals surface area contributed by atoms with Gasteiger partial charge in [-0.2, -0.15) is 0 Å². The molecule has 0 bridgehead atoms. The zero-order valence-corrected chi connectivity index (χ0v) is 12.3. The molecular weight excluding hydrogens is 282 g/mol. The van der Waals surface area contributed by atoms with Gasteiger partial charge in [-0.3, -0.25) is 0 Å². The van der Waals surface area contributed by atoms with Crippen LogP contribution in [-0.4, -0.2) is 16.4 Å². The third-order valence-electron chi connectivity index (χ3n) is 3.10. The van der Waals surface area contributed by atoms with Crippen LogP contribution in [0.1, 0.15) is 33.1 Å². The van der Waals surface area contributed by atoms with Crippen LogP contribution in [0.2, 0.25) is 0 Å². The van der Waals surface area contributed by atoms with Gasteiger partial charge in [-0.15, -0.1) is 0 Å². The first-order valence-electron chi connectivity index (χ1n) is 5.79. The minimum atomic E-state index is 0.329. The van der Waals surface area contributed by atoms with Gasteiger partial charge < -0.3 is 0 Å². The summed E-state index contributed by atoms with van der Waals surface area (Å²) in [6.07, 6.45) is 3.99. The van der Waals surface area contributed by atoms with Crippen molar-refractivity contribution in [3.8, 4) is 0 Å². The summed E-state index contributed by atoms with van der Waals surface area (Å²) in [6.45, 7) is 5.89. The van der Waals surface area contributed by atoms with Gasteiger partial charge in [0.05, 0.1) is 0 Å². The Bertz CT molecular complexity index is 347. The molecule has 0 spiro atoms. The third-order valence-corrected chi connectivity index (χ3v) is 5.01. The lowest BCUT2D eigenvalue weighted by atomic mass is 9.93. The first-order chi connectivity index (χ1) is 7.58. The minimum Gasteiger partial charge on any atom is -0.241 e. The predicted molar refractivity (Wildman–Crippen MR) is 74.6 cm³/mol. The van der Waals surface area contributed by atoms with Crippen molar-refractivity contribution in [3.63, 3.8) is 0 Å². The van der Waals surface area contributed by atoms with E-state index in [1.54, 1.807) is 0 Å².